The molecule has 0 fully saturated rings. The van der Waals surface area contributed by atoms with Crippen molar-refractivity contribution in [2.75, 3.05) is 13.7 Å². The summed E-state index contributed by atoms with van der Waals surface area (Å²) in [6.45, 7) is 0.129. The van der Waals surface area contributed by atoms with Gasteiger partial charge in [0.05, 0.1) is 13.7 Å². The molecule has 0 radical (unpaired) electrons. The van der Waals surface area contributed by atoms with Gasteiger partial charge >= 0.3 is 0 Å². The van der Waals surface area contributed by atoms with Crippen molar-refractivity contribution in [1.29, 1.82) is 0 Å². The molecule has 0 bridgehead atoms. The number of Topliss-reactive ketones (excluding diaryl/α,β-unsaturated/α-hetero) is 1. The minimum Gasteiger partial charge on any atom is -0.497 e. The lowest BCUT2D eigenvalue weighted by Gasteiger charge is -2.03. The van der Waals surface area contributed by atoms with Gasteiger partial charge in [0.2, 0.25) is 0 Å². The summed E-state index contributed by atoms with van der Waals surface area (Å²) in [6, 6.07) is 7.71. The summed E-state index contributed by atoms with van der Waals surface area (Å²) in [5.41, 5.74) is 6.32. The van der Waals surface area contributed by atoms with Crippen LogP contribution in [0.3, 0.4) is 0 Å². The Bertz CT molecular complexity index is 315. The summed E-state index contributed by atoms with van der Waals surface area (Å²) in [5.74, 6) is 0.913. The molecule has 15 heavy (non-hydrogen) atoms. The first-order valence-electron chi connectivity index (χ1n) is 4.61. The van der Waals surface area contributed by atoms with E-state index in [1.54, 1.807) is 7.11 Å². The number of ether oxygens (including phenoxy) is 1. The SMILES string of the molecule is COc1cccc(CCC(=O)CN)c1.Cl. The summed E-state index contributed by atoms with van der Waals surface area (Å²) in [7, 11) is 1.63. The van der Waals surface area contributed by atoms with Crippen molar-refractivity contribution in [2.45, 2.75) is 12.8 Å². The third-order valence-corrected chi connectivity index (χ3v) is 2.05. The van der Waals surface area contributed by atoms with E-state index in [0.29, 0.717) is 6.42 Å². The average Bonchev–Trinajstić information content (AvgIpc) is 2.26. The number of halogens is 1. The van der Waals surface area contributed by atoms with Crippen LogP contribution in [0.2, 0.25) is 0 Å². The summed E-state index contributed by atoms with van der Waals surface area (Å²) < 4.78 is 5.08. The Labute approximate surface area is 96.0 Å². The third-order valence-electron chi connectivity index (χ3n) is 2.05. The van der Waals surface area contributed by atoms with Crippen molar-refractivity contribution in [3.05, 3.63) is 29.8 Å². The van der Waals surface area contributed by atoms with Gasteiger partial charge in [-0.15, -0.1) is 12.4 Å². The normalized spacial score (nSPS) is 9.20. The second-order valence-corrected chi connectivity index (χ2v) is 3.09. The van der Waals surface area contributed by atoms with Crippen LogP contribution in [0.4, 0.5) is 0 Å². The number of hydrogen-bond acceptors (Lipinski definition) is 3. The molecule has 84 valence electrons. The molecule has 3 nitrogen and oxygen atoms in total. The number of aryl methyl sites for hydroxylation is 1. The van der Waals surface area contributed by atoms with Gasteiger partial charge in [0.25, 0.3) is 0 Å². The molecule has 4 heteroatoms. The Morgan fingerprint density at radius 2 is 2.20 bits per heavy atom. The lowest BCUT2D eigenvalue weighted by Crippen LogP contribution is -2.13. The van der Waals surface area contributed by atoms with Crippen LogP contribution in [0.5, 0.6) is 5.75 Å². The summed E-state index contributed by atoms with van der Waals surface area (Å²) >= 11 is 0. The maximum Gasteiger partial charge on any atom is 0.146 e. The van der Waals surface area contributed by atoms with Crippen LogP contribution in [0.15, 0.2) is 24.3 Å². The van der Waals surface area contributed by atoms with Gasteiger partial charge in [0.1, 0.15) is 11.5 Å². The first-order chi connectivity index (χ1) is 6.76. The number of nitrogens with two attached hydrogens (primary N) is 1. The number of carbonyl (C=O) groups is 1. The molecule has 1 aromatic rings. The van der Waals surface area contributed by atoms with E-state index in [2.05, 4.69) is 0 Å². The van der Waals surface area contributed by atoms with E-state index in [4.69, 9.17) is 10.5 Å². The highest BCUT2D eigenvalue weighted by Gasteiger charge is 2.00. The van der Waals surface area contributed by atoms with Gasteiger partial charge in [-0.25, -0.2) is 0 Å². The fourth-order valence-electron chi connectivity index (χ4n) is 1.21. The minimum absolute atomic E-state index is 0. The van der Waals surface area contributed by atoms with Gasteiger partial charge in [0.15, 0.2) is 0 Å². The molecule has 0 aliphatic carbocycles. The Morgan fingerprint density at radius 3 is 2.80 bits per heavy atom. The molecule has 0 saturated carbocycles. The lowest BCUT2D eigenvalue weighted by molar-refractivity contribution is -0.117. The van der Waals surface area contributed by atoms with Crippen LogP contribution < -0.4 is 10.5 Å². The standard InChI is InChI=1S/C11H15NO2.ClH/c1-14-11-4-2-3-9(7-11)5-6-10(13)8-12;/h2-4,7H,5-6,8,12H2,1H3;1H. The Hall–Kier alpha value is -1.06. The Kier molecular flexibility index (Phi) is 6.75. The lowest BCUT2D eigenvalue weighted by atomic mass is 10.1. The molecule has 0 atom stereocenters. The molecule has 1 rings (SSSR count). The van der Waals surface area contributed by atoms with Crippen LogP contribution in [0, 0.1) is 0 Å². The quantitative estimate of drug-likeness (QED) is 0.834. The zero-order valence-electron chi connectivity index (χ0n) is 8.73. The van der Waals surface area contributed by atoms with E-state index in [-0.39, 0.29) is 24.7 Å². The van der Waals surface area contributed by atoms with Crippen LogP contribution in [0.25, 0.3) is 0 Å². The van der Waals surface area contributed by atoms with E-state index in [0.717, 1.165) is 17.7 Å². The van der Waals surface area contributed by atoms with Gasteiger partial charge in [-0.05, 0) is 24.1 Å². The molecule has 0 aliphatic rings. The van der Waals surface area contributed by atoms with E-state index in [1.807, 2.05) is 24.3 Å². The summed E-state index contributed by atoms with van der Waals surface area (Å²) in [4.78, 5) is 11.0. The first kappa shape index (κ1) is 13.9. The van der Waals surface area contributed by atoms with Gasteiger partial charge in [-0.1, -0.05) is 12.1 Å². The highest BCUT2D eigenvalue weighted by molar-refractivity contribution is 5.85. The smallest absolute Gasteiger partial charge is 0.146 e. The maximum atomic E-state index is 11.0. The number of hydrogen-bond donors (Lipinski definition) is 1. The molecule has 0 saturated heterocycles. The van der Waals surface area contributed by atoms with Crippen LogP contribution >= 0.6 is 12.4 Å². The summed E-state index contributed by atoms with van der Waals surface area (Å²) in [6.07, 6.45) is 1.23. The van der Waals surface area contributed by atoms with Crippen LogP contribution in [0.1, 0.15) is 12.0 Å². The predicted octanol–water partition coefficient (Wildman–Crippen LogP) is 1.58. The second kappa shape index (κ2) is 7.26. The fourth-order valence-corrected chi connectivity index (χ4v) is 1.21. The molecule has 1 aromatic carbocycles. The summed E-state index contributed by atoms with van der Waals surface area (Å²) in [5, 5.41) is 0. The van der Waals surface area contributed by atoms with Crippen LogP contribution in [-0.2, 0) is 11.2 Å². The first-order valence-corrected chi connectivity index (χ1v) is 4.61. The third kappa shape index (κ3) is 4.81. The van der Waals surface area contributed by atoms with Crippen molar-refractivity contribution >= 4 is 18.2 Å². The van der Waals surface area contributed by atoms with Crippen molar-refractivity contribution in [3.63, 3.8) is 0 Å². The maximum absolute atomic E-state index is 11.0. The van der Waals surface area contributed by atoms with Crippen molar-refractivity contribution in [3.8, 4) is 5.75 Å². The molecule has 2 N–H and O–H groups in total. The molecular formula is C11H16ClNO2. The average molecular weight is 230 g/mol. The molecule has 0 spiro atoms. The highest BCUT2D eigenvalue weighted by Crippen LogP contribution is 2.13. The highest BCUT2D eigenvalue weighted by atomic mass is 35.5. The molecule has 0 amide bonds. The number of benzene rings is 1. The predicted molar refractivity (Wildman–Crippen MR) is 62.6 cm³/mol. The van der Waals surface area contributed by atoms with Gasteiger partial charge in [-0.2, -0.15) is 0 Å². The van der Waals surface area contributed by atoms with Crippen molar-refractivity contribution < 1.29 is 9.53 Å². The zero-order valence-corrected chi connectivity index (χ0v) is 9.55. The Morgan fingerprint density at radius 1 is 1.47 bits per heavy atom. The van der Waals surface area contributed by atoms with E-state index in [9.17, 15) is 4.79 Å². The Balaban J connectivity index is 0.00000196. The van der Waals surface area contributed by atoms with Crippen LogP contribution in [-0.4, -0.2) is 19.4 Å². The van der Waals surface area contributed by atoms with Gasteiger partial charge in [0, 0.05) is 6.42 Å². The second-order valence-electron chi connectivity index (χ2n) is 3.09. The minimum atomic E-state index is 0. The van der Waals surface area contributed by atoms with E-state index >= 15 is 0 Å². The number of methoxy groups -OCH3 is 1. The molecule has 0 aromatic heterocycles. The number of ketones is 1. The van der Waals surface area contributed by atoms with E-state index in [1.165, 1.54) is 0 Å². The number of rotatable bonds is 5. The van der Waals surface area contributed by atoms with Gasteiger partial charge in [-0.3, -0.25) is 4.79 Å². The van der Waals surface area contributed by atoms with Crippen molar-refractivity contribution in [1.82, 2.24) is 0 Å². The van der Waals surface area contributed by atoms with Gasteiger partial charge < -0.3 is 10.5 Å². The fraction of sp³-hybridized carbons (Fsp3) is 0.364. The number of carbonyl (C=O) groups excluding carboxylic acids is 1. The monoisotopic (exact) mass is 229 g/mol. The zero-order chi connectivity index (χ0) is 10.4. The molecule has 0 heterocycles. The van der Waals surface area contributed by atoms with E-state index < -0.39 is 0 Å². The molecular weight excluding hydrogens is 214 g/mol. The largest absolute Gasteiger partial charge is 0.497 e. The molecule has 0 unspecified atom stereocenters. The molecule has 0 aliphatic heterocycles. The van der Waals surface area contributed by atoms with Crippen molar-refractivity contribution in [2.24, 2.45) is 5.73 Å². The topological polar surface area (TPSA) is 52.3 Å².